The lowest BCUT2D eigenvalue weighted by Crippen LogP contribution is -2.09. The van der Waals surface area contributed by atoms with Crippen LogP contribution in [-0.4, -0.2) is 11.9 Å². The van der Waals surface area contributed by atoms with E-state index < -0.39 is 0 Å². The molecule has 1 heterocycles. The Labute approximate surface area is 159 Å². The van der Waals surface area contributed by atoms with Crippen LogP contribution in [0.3, 0.4) is 0 Å². The minimum Gasteiger partial charge on any atom is -0.351 e. The van der Waals surface area contributed by atoms with Crippen LogP contribution in [0.15, 0.2) is 82.9 Å². The van der Waals surface area contributed by atoms with E-state index in [1.165, 1.54) is 16.0 Å². The van der Waals surface area contributed by atoms with Gasteiger partial charge in [-0.3, -0.25) is 0 Å². The summed E-state index contributed by atoms with van der Waals surface area (Å²) in [4.78, 5) is 3.36. The number of thioether (sulfide) groups is 1. The van der Waals surface area contributed by atoms with E-state index in [1.807, 2.05) is 34.6 Å². The Morgan fingerprint density at radius 2 is 1.76 bits per heavy atom. The van der Waals surface area contributed by atoms with Gasteiger partial charge >= 0.3 is 0 Å². The highest BCUT2D eigenvalue weighted by Crippen LogP contribution is 2.32. The van der Waals surface area contributed by atoms with Crippen molar-refractivity contribution >= 4 is 17.3 Å². The van der Waals surface area contributed by atoms with Gasteiger partial charge in [-0.2, -0.15) is 0 Å². The fraction of sp³-hybridized carbons (Fsp3) is 0.304. The number of allylic oxidation sites excluding steroid dienone is 6. The van der Waals surface area contributed by atoms with Gasteiger partial charge in [-0.15, -0.1) is 0 Å². The maximum atomic E-state index is 4.22. The predicted molar refractivity (Wildman–Crippen MR) is 118 cm³/mol. The average molecular weight is 356 g/mol. The molecule has 0 saturated heterocycles. The second-order valence-corrected chi connectivity index (χ2v) is 5.92. The Balaban J connectivity index is 0.00000134. The molecule has 1 aliphatic rings. The smallest absolute Gasteiger partial charge is 0.0414 e. The summed E-state index contributed by atoms with van der Waals surface area (Å²) in [5.41, 5.74) is 4.62. The quantitative estimate of drug-likeness (QED) is 0.512. The second kappa shape index (κ2) is 13.4. The maximum Gasteiger partial charge on any atom is 0.0414 e. The molecule has 0 bridgehead atoms. The van der Waals surface area contributed by atoms with E-state index in [9.17, 15) is 0 Å². The molecule has 0 aromatic heterocycles. The summed E-state index contributed by atoms with van der Waals surface area (Å²) in [6.45, 7) is 16.4. The zero-order chi connectivity index (χ0) is 19.2. The average Bonchev–Trinajstić information content (AvgIpc) is 2.66. The fourth-order valence-corrected chi connectivity index (χ4v) is 2.78. The molecule has 0 amide bonds. The molecule has 1 aromatic carbocycles. The van der Waals surface area contributed by atoms with Crippen molar-refractivity contribution in [3.63, 3.8) is 0 Å². The van der Waals surface area contributed by atoms with Gasteiger partial charge in [0.05, 0.1) is 0 Å². The molecule has 0 spiro atoms. The molecule has 0 fully saturated rings. The van der Waals surface area contributed by atoms with Crippen LogP contribution in [0.1, 0.15) is 47.1 Å². The van der Waals surface area contributed by atoms with Crippen molar-refractivity contribution in [3.05, 3.63) is 83.6 Å². The number of nitrogens with zero attached hydrogens (tertiary/aromatic N) is 1. The molecule has 0 aliphatic carbocycles. The first-order valence-electron chi connectivity index (χ1n) is 8.99. The summed E-state index contributed by atoms with van der Waals surface area (Å²) in [5, 5.41) is 2.13. The van der Waals surface area contributed by atoms with Crippen molar-refractivity contribution in [3.8, 4) is 0 Å². The van der Waals surface area contributed by atoms with Crippen LogP contribution >= 0.6 is 11.8 Å². The van der Waals surface area contributed by atoms with E-state index in [2.05, 4.69) is 85.6 Å². The van der Waals surface area contributed by atoms with Gasteiger partial charge in [-0.1, -0.05) is 75.9 Å². The lowest BCUT2D eigenvalue weighted by molar-refractivity contribution is 0.588. The van der Waals surface area contributed by atoms with Crippen molar-refractivity contribution in [1.29, 1.82) is 0 Å². The predicted octanol–water partition coefficient (Wildman–Crippen LogP) is 7.67. The fourth-order valence-electron chi connectivity index (χ4n) is 1.95. The Hall–Kier alpha value is -1.93. The third kappa shape index (κ3) is 7.66. The third-order valence-corrected chi connectivity index (χ3v) is 4.29. The van der Waals surface area contributed by atoms with Crippen LogP contribution in [0.5, 0.6) is 0 Å². The molecular weight excluding hydrogens is 322 g/mol. The van der Waals surface area contributed by atoms with E-state index in [1.54, 1.807) is 11.8 Å². The molecule has 0 N–H and O–H groups in total. The third-order valence-electron chi connectivity index (χ3n) is 3.41. The first kappa shape index (κ1) is 23.1. The Morgan fingerprint density at radius 3 is 2.40 bits per heavy atom. The molecule has 136 valence electrons. The van der Waals surface area contributed by atoms with Crippen LogP contribution in [0.2, 0.25) is 0 Å². The number of benzene rings is 1. The van der Waals surface area contributed by atoms with E-state index in [-0.39, 0.29) is 0 Å². The van der Waals surface area contributed by atoms with Crippen LogP contribution in [-0.2, 0) is 0 Å². The SMILES string of the molecule is C=C1/C=C(N(C)/C=C\C(C)=C/C)\C=C/Sc2ccccc21.CC.CC. The molecule has 2 rings (SSSR count). The highest BCUT2D eigenvalue weighted by Gasteiger charge is 2.08. The first-order valence-corrected chi connectivity index (χ1v) is 9.87. The minimum absolute atomic E-state index is 1.04. The largest absolute Gasteiger partial charge is 0.351 e. The molecule has 0 saturated carbocycles. The zero-order valence-corrected chi connectivity index (χ0v) is 17.7. The van der Waals surface area contributed by atoms with Gasteiger partial charge in [-0.05, 0) is 54.7 Å². The molecule has 1 nitrogen and oxygen atoms in total. The van der Waals surface area contributed by atoms with Gasteiger partial charge in [0.25, 0.3) is 0 Å². The number of hydrogen-bond acceptors (Lipinski definition) is 2. The number of hydrogen-bond donors (Lipinski definition) is 0. The summed E-state index contributed by atoms with van der Waals surface area (Å²) in [6.07, 6.45) is 10.5. The lowest BCUT2D eigenvalue weighted by Gasteiger charge is -2.18. The van der Waals surface area contributed by atoms with Gasteiger partial charge in [0.2, 0.25) is 0 Å². The molecule has 25 heavy (non-hydrogen) atoms. The molecule has 0 atom stereocenters. The minimum atomic E-state index is 1.04. The van der Waals surface area contributed by atoms with E-state index in [4.69, 9.17) is 0 Å². The van der Waals surface area contributed by atoms with Gasteiger partial charge in [0.1, 0.15) is 0 Å². The molecule has 1 aromatic rings. The molecular formula is C23H33NS. The molecule has 0 unspecified atom stereocenters. The normalized spacial score (nSPS) is 16.8. The Kier molecular flexibility index (Phi) is 12.3. The van der Waals surface area contributed by atoms with Crippen molar-refractivity contribution < 1.29 is 0 Å². The number of likely N-dealkylation sites (N-methyl/N-ethyl adjacent to an activating group) is 1. The number of fused-ring (bicyclic) bond motifs is 1. The summed E-state index contributed by atoms with van der Waals surface area (Å²) in [6, 6.07) is 8.38. The van der Waals surface area contributed by atoms with E-state index in [0.717, 1.165) is 11.3 Å². The van der Waals surface area contributed by atoms with Crippen LogP contribution in [0.4, 0.5) is 0 Å². The van der Waals surface area contributed by atoms with Crippen molar-refractivity contribution in [1.82, 2.24) is 4.90 Å². The monoisotopic (exact) mass is 355 g/mol. The Bertz CT molecular complexity index is 648. The van der Waals surface area contributed by atoms with Crippen molar-refractivity contribution in [2.24, 2.45) is 0 Å². The summed E-state index contributed by atoms with van der Waals surface area (Å²) in [5.74, 6) is 0. The van der Waals surface area contributed by atoms with Gasteiger partial charge < -0.3 is 4.90 Å². The van der Waals surface area contributed by atoms with Crippen molar-refractivity contribution in [2.75, 3.05) is 7.05 Å². The topological polar surface area (TPSA) is 3.24 Å². The molecule has 1 aliphatic heterocycles. The van der Waals surface area contributed by atoms with Gasteiger partial charge in [-0.25, -0.2) is 0 Å². The second-order valence-electron chi connectivity index (χ2n) is 4.97. The summed E-state index contributed by atoms with van der Waals surface area (Å²) in [7, 11) is 2.06. The zero-order valence-electron chi connectivity index (χ0n) is 16.8. The summed E-state index contributed by atoms with van der Waals surface area (Å²) >= 11 is 1.73. The summed E-state index contributed by atoms with van der Waals surface area (Å²) < 4.78 is 0. The highest BCUT2D eigenvalue weighted by atomic mass is 32.2. The van der Waals surface area contributed by atoms with E-state index >= 15 is 0 Å². The van der Waals surface area contributed by atoms with Crippen molar-refractivity contribution in [2.45, 2.75) is 46.4 Å². The molecule has 0 radical (unpaired) electrons. The number of rotatable bonds is 3. The maximum absolute atomic E-state index is 4.22. The van der Waals surface area contributed by atoms with Crippen LogP contribution < -0.4 is 0 Å². The highest BCUT2D eigenvalue weighted by molar-refractivity contribution is 8.02. The van der Waals surface area contributed by atoms with Gasteiger partial charge in [0, 0.05) is 23.8 Å². The van der Waals surface area contributed by atoms with Gasteiger partial charge in [0.15, 0.2) is 0 Å². The lowest BCUT2D eigenvalue weighted by atomic mass is 10.1. The van der Waals surface area contributed by atoms with Crippen LogP contribution in [0.25, 0.3) is 5.57 Å². The van der Waals surface area contributed by atoms with Crippen LogP contribution in [0, 0.1) is 0 Å². The standard InChI is InChI=1S/C19H21NS.2C2H6/c1-5-15(2)10-12-20(4)17-11-13-21-19-9-7-6-8-18(19)16(3)14-17;2*1-2/h5-14H,3H2,1-2,4H3;2*1-2H3/b12-10-,13-11-,15-5-,17-14+;;. The van der Waals surface area contributed by atoms with E-state index in [0.29, 0.717) is 0 Å². The molecule has 2 heteroatoms. The Morgan fingerprint density at radius 1 is 1.12 bits per heavy atom. The first-order chi connectivity index (χ1) is 12.1.